The van der Waals surface area contributed by atoms with Gasteiger partial charge in [-0.1, -0.05) is 0 Å². The predicted octanol–water partition coefficient (Wildman–Crippen LogP) is 2.18. The minimum Gasteiger partial charge on any atom is -0.494 e. The highest BCUT2D eigenvalue weighted by atomic mass is 19.1. The summed E-state index contributed by atoms with van der Waals surface area (Å²) in [7, 11) is 1.35. The first-order chi connectivity index (χ1) is 7.10. The molecule has 0 N–H and O–H groups in total. The van der Waals surface area contributed by atoms with Crippen molar-refractivity contribution in [3.8, 4) is 11.8 Å². The molecule has 0 aromatic heterocycles. The number of ether oxygens (including phenoxy) is 1. The highest BCUT2D eigenvalue weighted by molar-refractivity contribution is 5.99. The van der Waals surface area contributed by atoms with Crippen LogP contribution in [0.5, 0.6) is 5.75 Å². The van der Waals surface area contributed by atoms with E-state index < -0.39 is 11.7 Å². The van der Waals surface area contributed by atoms with Crippen LogP contribution in [-0.4, -0.2) is 12.9 Å². The van der Waals surface area contributed by atoms with E-state index in [1.807, 2.05) is 6.07 Å². The molecule has 0 aliphatic rings. The van der Waals surface area contributed by atoms with Crippen LogP contribution in [0.4, 0.5) is 4.39 Å². The van der Waals surface area contributed by atoms with E-state index in [2.05, 4.69) is 0 Å². The number of ketones is 1. The van der Waals surface area contributed by atoms with Gasteiger partial charge in [-0.05, 0) is 25.1 Å². The topological polar surface area (TPSA) is 50.1 Å². The maximum Gasteiger partial charge on any atom is 0.179 e. The minimum absolute atomic E-state index is 0.0798. The van der Waals surface area contributed by atoms with Gasteiger partial charge >= 0.3 is 0 Å². The molecule has 0 fully saturated rings. The Hall–Kier alpha value is -1.89. The summed E-state index contributed by atoms with van der Waals surface area (Å²) in [6, 6.07) is 5.70. The number of hydrogen-bond acceptors (Lipinski definition) is 3. The number of Topliss-reactive ketones (excluding diaryl/α,β-unsaturated/α-hetero) is 1. The molecule has 0 bridgehead atoms. The van der Waals surface area contributed by atoms with Crippen LogP contribution >= 0.6 is 0 Å². The second-order valence-electron chi connectivity index (χ2n) is 3.06. The molecule has 0 amide bonds. The number of halogens is 1. The summed E-state index contributed by atoms with van der Waals surface area (Å²) in [6.07, 6.45) is 0. The number of hydrogen-bond donors (Lipinski definition) is 0. The molecule has 0 heterocycles. The van der Waals surface area contributed by atoms with E-state index in [-0.39, 0.29) is 17.1 Å². The number of carbonyl (C=O) groups excluding carboxylic acids is 1. The van der Waals surface area contributed by atoms with Crippen molar-refractivity contribution in [1.82, 2.24) is 0 Å². The summed E-state index contributed by atoms with van der Waals surface area (Å²) in [6.45, 7) is 1.48. The Bertz CT molecular complexity index is 423. The quantitative estimate of drug-likeness (QED) is 0.714. The zero-order chi connectivity index (χ0) is 11.4. The Kier molecular flexibility index (Phi) is 3.40. The molecule has 1 unspecified atom stereocenters. The molecule has 1 atom stereocenters. The lowest BCUT2D eigenvalue weighted by Crippen LogP contribution is -2.09. The van der Waals surface area contributed by atoms with Gasteiger partial charge in [0, 0.05) is 5.56 Å². The lowest BCUT2D eigenvalue weighted by atomic mass is 10.0. The number of nitrogens with zero attached hydrogens (tertiary/aromatic N) is 1. The second kappa shape index (κ2) is 4.56. The van der Waals surface area contributed by atoms with Crippen LogP contribution in [0.25, 0.3) is 0 Å². The van der Waals surface area contributed by atoms with Gasteiger partial charge in [0.1, 0.15) is 5.92 Å². The second-order valence-corrected chi connectivity index (χ2v) is 3.06. The van der Waals surface area contributed by atoms with Crippen LogP contribution in [0.15, 0.2) is 18.2 Å². The van der Waals surface area contributed by atoms with Crippen molar-refractivity contribution < 1.29 is 13.9 Å². The Morgan fingerprint density at radius 1 is 1.60 bits per heavy atom. The Labute approximate surface area is 87.1 Å². The zero-order valence-corrected chi connectivity index (χ0v) is 8.45. The van der Waals surface area contributed by atoms with Crippen molar-refractivity contribution in [3.63, 3.8) is 0 Å². The average Bonchev–Trinajstić information content (AvgIpc) is 2.26. The summed E-state index contributed by atoms with van der Waals surface area (Å²) in [5.41, 5.74) is 0.183. The third kappa shape index (κ3) is 2.32. The highest BCUT2D eigenvalue weighted by Crippen LogP contribution is 2.19. The Balaban J connectivity index is 3.04. The van der Waals surface area contributed by atoms with Crippen molar-refractivity contribution in [3.05, 3.63) is 29.6 Å². The number of nitriles is 1. The summed E-state index contributed by atoms with van der Waals surface area (Å²) in [5.74, 6) is -1.68. The normalized spacial score (nSPS) is 11.6. The number of benzene rings is 1. The molecule has 0 aliphatic heterocycles. The Morgan fingerprint density at radius 2 is 2.27 bits per heavy atom. The molecule has 3 nitrogen and oxygen atoms in total. The summed E-state index contributed by atoms with van der Waals surface area (Å²) < 4.78 is 17.9. The molecule has 4 heteroatoms. The minimum atomic E-state index is -0.766. The van der Waals surface area contributed by atoms with Gasteiger partial charge in [-0.15, -0.1) is 0 Å². The highest BCUT2D eigenvalue weighted by Gasteiger charge is 2.16. The summed E-state index contributed by atoms with van der Waals surface area (Å²) in [5, 5.41) is 8.55. The van der Waals surface area contributed by atoms with E-state index in [4.69, 9.17) is 10.00 Å². The maximum atomic E-state index is 13.2. The van der Waals surface area contributed by atoms with Crippen molar-refractivity contribution >= 4 is 5.78 Å². The van der Waals surface area contributed by atoms with E-state index in [0.717, 1.165) is 6.07 Å². The van der Waals surface area contributed by atoms with E-state index in [9.17, 15) is 9.18 Å². The lowest BCUT2D eigenvalue weighted by molar-refractivity contribution is 0.0956. The van der Waals surface area contributed by atoms with Crippen molar-refractivity contribution in [2.24, 2.45) is 5.92 Å². The van der Waals surface area contributed by atoms with Crippen LogP contribution in [0.1, 0.15) is 17.3 Å². The van der Waals surface area contributed by atoms with Crippen molar-refractivity contribution in [2.45, 2.75) is 6.92 Å². The molecular weight excluding hydrogens is 197 g/mol. The molecule has 0 radical (unpaired) electrons. The summed E-state index contributed by atoms with van der Waals surface area (Å²) >= 11 is 0. The van der Waals surface area contributed by atoms with Gasteiger partial charge in [0.25, 0.3) is 0 Å². The fourth-order valence-electron chi connectivity index (χ4n) is 1.13. The first kappa shape index (κ1) is 11.2. The fourth-order valence-corrected chi connectivity index (χ4v) is 1.13. The molecular formula is C11H10FNO2. The Morgan fingerprint density at radius 3 is 2.73 bits per heavy atom. The number of methoxy groups -OCH3 is 1. The molecule has 15 heavy (non-hydrogen) atoms. The molecule has 0 aliphatic carbocycles. The van der Waals surface area contributed by atoms with Gasteiger partial charge in [0.2, 0.25) is 0 Å². The molecule has 1 rings (SSSR count). The number of carbonyl (C=O) groups is 1. The molecule has 1 aromatic rings. The smallest absolute Gasteiger partial charge is 0.179 e. The molecule has 78 valence electrons. The van der Waals surface area contributed by atoms with Crippen molar-refractivity contribution in [2.75, 3.05) is 7.11 Å². The van der Waals surface area contributed by atoms with Crippen LogP contribution < -0.4 is 4.74 Å². The first-order valence-electron chi connectivity index (χ1n) is 4.37. The molecule has 1 aromatic carbocycles. The molecule has 0 spiro atoms. The van der Waals surface area contributed by atoms with E-state index >= 15 is 0 Å². The van der Waals surface area contributed by atoms with Crippen LogP contribution in [0.3, 0.4) is 0 Å². The molecule has 0 saturated heterocycles. The van der Waals surface area contributed by atoms with Crippen LogP contribution in [0, 0.1) is 23.1 Å². The molecule has 0 saturated carbocycles. The third-order valence-corrected chi connectivity index (χ3v) is 2.02. The van der Waals surface area contributed by atoms with Crippen LogP contribution in [-0.2, 0) is 0 Å². The average molecular weight is 207 g/mol. The van der Waals surface area contributed by atoms with Gasteiger partial charge in [-0.3, -0.25) is 4.79 Å². The van der Waals surface area contributed by atoms with Crippen molar-refractivity contribution in [1.29, 1.82) is 5.26 Å². The SMILES string of the molecule is COc1ccc(C(=O)C(C)C#N)cc1F. The van der Waals surface area contributed by atoms with Gasteiger partial charge in [0.05, 0.1) is 13.2 Å². The standard InChI is InChI=1S/C11H10FNO2/c1-7(6-13)11(14)8-3-4-10(15-2)9(12)5-8/h3-5,7H,1-2H3. The number of rotatable bonds is 3. The monoisotopic (exact) mass is 207 g/mol. The fraction of sp³-hybridized carbons (Fsp3) is 0.273. The largest absolute Gasteiger partial charge is 0.494 e. The third-order valence-electron chi connectivity index (χ3n) is 2.02. The van der Waals surface area contributed by atoms with Gasteiger partial charge < -0.3 is 4.74 Å². The summed E-state index contributed by atoms with van der Waals surface area (Å²) in [4.78, 5) is 11.5. The predicted molar refractivity (Wildman–Crippen MR) is 52.1 cm³/mol. The van der Waals surface area contributed by atoms with Gasteiger partial charge in [0.15, 0.2) is 17.3 Å². The van der Waals surface area contributed by atoms with Crippen LogP contribution in [0.2, 0.25) is 0 Å². The maximum absolute atomic E-state index is 13.2. The van der Waals surface area contributed by atoms with E-state index in [0.29, 0.717) is 0 Å². The lowest BCUT2D eigenvalue weighted by Gasteiger charge is -2.05. The first-order valence-corrected chi connectivity index (χ1v) is 4.37. The van der Waals surface area contributed by atoms with E-state index in [1.165, 1.54) is 26.2 Å². The zero-order valence-electron chi connectivity index (χ0n) is 8.45. The van der Waals surface area contributed by atoms with Gasteiger partial charge in [-0.2, -0.15) is 5.26 Å². The van der Waals surface area contributed by atoms with E-state index in [1.54, 1.807) is 0 Å². The van der Waals surface area contributed by atoms with Gasteiger partial charge in [-0.25, -0.2) is 4.39 Å².